The molecular weight excluding hydrogens is 264 g/mol. The molecule has 0 amide bonds. The fourth-order valence-electron chi connectivity index (χ4n) is 1.84. The second-order valence-electron chi connectivity index (χ2n) is 4.55. The molecule has 0 fully saturated rings. The van der Waals surface area contributed by atoms with Crippen LogP contribution in [0.1, 0.15) is 12.5 Å². The number of ether oxygens (including phenoxy) is 1. The van der Waals surface area contributed by atoms with Gasteiger partial charge in [-0.3, -0.25) is 0 Å². The van der Waals surface area contributed by atoms with Crippen molar-refractivity contribution in [3.05, 3.63) is 28.8 Å². The van der Waals surface area contributed by atoms with Crippen LogP contribution in [0.25, 0.3) is 0 Å². The molecule has 2 N–H and O–H groups in total. The van der Waals surface area contributed by atoms with E-state index in [0.717, 1.165) is 29.4 Å². The van der Waals surface area contributed by atoms with Gasteiger partial charge in [0.2, 0.25) is 0 Å². The standard InChI is InChI=1S/C14H23ClN2O2/c1-4-16-8-11-5-6-12(7-14(11)15)17(2)9-13(18)10-19-3/h5-7,13,16,18H,4,8-10H2,1-3H3. The maximum atomic E-state index is 9.71. The number of likely N-dealkylation sites (N-methyl/N-ethyl adjacent to an activating group) is 1. The van der Waals surface area contributed by atoms with Gasteiger partial charge >= 0.3 is 0 Å². The highest BCUT2D eigenvalue weighted by Gasteiger charge is 2.10. The van der Waals surface area contributed by atoms with Crippen LogP contribution in [-0.2, 0) is 11.3 Å². The number of methoxy groups -OCH3 is 1. The summed E-state index contributed by atoms with van der Waals surface area (Å²) in [6.45, 7) is 4.59. The maximum absolute atomic E-state index is 9.71. The summed E-state index contributed by atoms with van der Waals surface area (Å²) in [6, 6.07) is 5.95. The number of nitrogens with zero attached hydrogens (tertiary/aromatic N) is 1. The normalized spacial score (nSPS) is 12.5. The summed E-state index contributed by atoms with van der Waals surface area (Å²) in [5, 5.41) is 13.7. The van der Waals surface area contributed by atoms with Crippen LogP contribution in [-0.4, -0.2) is 45.1 Å². The van der Waals surface area contributed by atoms with Crippen LogP contribution in [0.15, 0.2) is 18.2 Å². The highest BCUT2D eigenvalue weighted by atomic mass is 35.5. The largest absolute Gasteiger partial charge is 0.389 e. The number of rotatable bonds is 8. The van der Waals surface area contributed by atoms with Gasteiger partial charge < -0.3 is 20.1 Å². The van der Waals surface area contributed by atoms with Gasteiger partial charge in [-0.15, -0.1) is 0 Å². The van der Waals surface area contributed by atoms with Gasteiger partial charge in [-0.25, -0.2) is 0 Å². The molecule has 0 heterocycles. The fourth-order valence-corrected chi connectivity index (χ4v) is 2.08. The molecule has 5 heteroatoms. The minimum atomic E-state index is -0.504. The summed E-state index contributed by atoms with van der Waals surface area (Å²) in [5.41, 5.74) is 2.07. The van der Waals surface area contributed by atoms with E-state index in [0.29, 0.717) is 13.2 Å². The molecule has 0 aliphatic carbocycles. The molecule has 1 aromatic carbocycles. The van der Waals surface area contributed by atoms with Crippen molar-refractivity contribution >= 4 is 17.3 Å². The summed E-state index contributed by atoms with van der Waals surface area (Å²) in [6.07, 6.45) is -0.504. The van der Waals surface area contributed by atoms with E-state index in [1.165, 1.54) is 0 Å². The summed E-state index contributed by atoms with van der Waals surface area (Å²) < 4.78 is 4.92. The van der Waals surface area contributed by atoms with Gasteiger partial charge in [0.1, 0.15) is 0 Å². The molecule has 0 saturated carbocycles. The molecule has 1 aromatic rings. The van der Waals surface area contributed by atoms with Crippen molar-refractivity contribution in [3.63, 3.8) is 0 Å². The lowest BCUT2D eigenvalue weighted by atomic mass is 10.2. The monoisotopic (exact) mass is 286 g/mol. The van der Waals surface area contributed by atoms with Crippen LogP contribution in [0.3, 0.4) is 0 Å². The molecule has 0 bridgehead atoms. The highest BCUT2D eigenvalue weighted by molar-refractivity contribution is 6.31. The molecule has 0 spiro atoms. The third-order valence-electron chi connectivity index (χ3n) is 2.89. The highest BCUT2D eigenvalue weighted by Crippen LogP contribution is 2.23. The lowest BCUT2D eigenvalue weighted by molar-refractivity contribution is 0.0695. The van der Waals surface area contributed by atoms with Crippen LogP contribution in [0.4, 0.5) is 5.69 Å². The van der Waals surface area contributed by atoms with E-state index in [4.69, 9.17) is 16.3 Å². The third kappa shape index (κ3) is 5.37. The molecule has 1 unspecified atom stereocenters. The molecular formula is C14H23ClN2O2. The van der Waals surface area contributed by atoms with E-state index in [-0.39, 0.29) is 0 Å². The number of hydrogen-bond donors (Lipinski definition) is 2. The minimum Gasteiger partial charge on any atom is -0.389 e. The first-order valence-corrected chi connectivity index (χ1v) is 6.83. The summed E-state index contributed by atoms with van der Waals surface area (Å²) in [7, 11) is 3.50. The Morgan fingerprint density at radius 1 is 1.47 bits per heavy atom. The number of anilines is 1. The summed E-state index contributed by atoms with van der Waals surface area (Å²) in [4.78, 5) is 1.96. The first-order valence-electron chi connectivity index (χ1n) is 6.45. The average Bonchev–Trinajstić information content (AvgIpc) is 2.37. The molecule has 0 aromatic heterocycles. The number of halogens is 1. The Kier molecular flexibility index (Phi) is 7.16. The summed E-state index contributed by atoms with van der Waals surface area (Å²) >= 11 is 6.25. The first kappa shape index (κ1) is 16.2. The van der Waals surface area contributed by atoms with Gasteiger partial charge in [-0.2, -0.15) is 0 Å². The molecule has 0 saturated heterocycles. The number of benzene rings is 1. The van der Waals surface area contributed by atoms with Crippen molar-refractivity contribution in [1.82, 2.24) is 5.32 Å². The number of aliphatic hydroxyl groups is 1. The second kappa shape index (κ2) is 8.38. The molecule has 0 aliphatic heterocycles. The maximum Gasteiger partial charge on any atom is 0.0947 e. The van der Waals surface area contributed by atoms with Gasteiger partial charge in [0.05, 0.1) is 12.7 Å². The molecule has 0 aliphatic rings. The third-order valence-corrected chi connectivity index (χ3v) is 3.24. The second-order valence-corrected chi connectivity index (χ2v) is 4.95. The quantitative estimate of drug-likeness (QED) is 0.766. The van der Waals surface area contributed by atoms with E-state index in [1.807, 2.05) is 30.1 Å². The first-order chi connectivity index (χ1) is 9.08. The Bertz CT molecular complexity index is 388. The van der Waals surface area contributed by atoms with Crippen LogP contribution < -0.4 is 10.2 Å². The SMILES string of the molecule is CCNCc1ccc(N(C)CC(O)COC)cc1Cl. The van der Waals surface area contributed by atoms with E-state index in [9.17, 15) is 5.11 Å². The molecule has 108 valence electrons. The van der Waals surface area contributed by atoms with Crippen LogP contribution in [0.5, 0.6) is 0 Å². The van der Waals surface area contributed by atoms with Crippen LogP contribution >= 0.6 is 11.6 Å². The Labute approximate surface area is 120 Å². The smallest absolute Gasteiger partial charge is 0.0947 e. The molecule has 1 atom stereocenters. The van der Waals surface area contributed by atoms with Crippen molar-refractivity contribution < 1.29 is 9.84 Å². The number of nitrogens with one attached hydrogen (secondary N) is 1. The van der Waals surface area contributed by atoms with Gasteiger partial charge in [0.25, 0.3) is 0 Å². The molecule has 1 rings (SSSR count). The van der Waals surface area contributed by atoms with Gasteiger partial charge in [0, 0.05) is 38.0 Å². The zero-order chi connectivity index (χ0) is 14.3. The lowest BCUT2D eigenvalue weighted by Gasteiger charge is -2.23. The van der Waals surface area contributed by atoms with E-state index < -0.39 is 6.10 Å². The zero-order valence-electron chi connectivity index (χ0n) is 11.8. The van der Waals surface area contributed by atoms with Crippen molar-refractivity contribution in [2.24, 2.45) is 0 Å². The van der Waals surface area contributed by atoms with Crippen molar-refractivity contribution in [2.75, 3.05) is 38.8 Å². The topological polar surface area (TPSA) is 44.7 Å². The molecule has 4 nitrogen and oxygen atoms in total. The Hall–Kier alpha value is -0.810. The predicted octanol–water partition coefficient (Wildman–Crippen LogP) is 1.89. The van der Waals surface area contributed by atoms with Crippen LogP contribution in [0, 0.1) is 0 Å². The van der Waals surface area contributed by atoms with Gasteiger partial charge in [0.15, 0.2) is 0 Å². The Morgan fingerprint density at radius 2 is 2.21 bits per heavy atom. The van der Waals surface area contributed by atoms with E-state index in [2.05, 4.69) is 12.2 Å². The van der Waals surface area contributed by atoms with E-state index >= 15 is 0 Å². The molecule has 0 radical (unpaired) electrons. The fraction of sp³-hybridized carbons (Fsp3) is 0.571. The van der Waals surface area contributed by atoms with Gasteiger partial charge in [-0.05, 0) is 24.2 Å². The Balaban J connectivity index is 2.65. The van der Waals surface area contributed by atoms with E-state index in [1.54, 1.807) is 7.11 Å². The average molecular weight is 287 g/mol. The minimum absolute atomic E-state index is 0.330. The number of hydrogen-bond acceptors (Lipinski definition) is 4. The Morgan fingerprint density at radius 3 is 2.79 bits per heavy atom. The number of aliphatic hydroxyl groups excluding tert-OH is 1. The van der Waals surface area contributed by atoms with Crippen molar-refractivity contribution in [2.45, 2.75) is 19.6 Å². The lowest BCUT2D eigenvalue weighted by Crippen LogP contribution is -2.31. The van der Waals surface area contributed by atoms with Crippen LogP contribution in [0.2, 0.25) is 5.02 Å². The zero-order valence-corrected chi connectivity index (χ0v) is 12.6. The van der Waals surface area contributed by atoms with Gasteiger partial charge in [-0.1, -0.05) is 24.6 Å². The summed E-state index contributed by atoms with van der Waals surface area (Å²) in [5.74, 6) is 0. The van der Waals surface area contributed by atoms with Crippen molar-refractivity contribution in [1.29, 1.82) is 0 Å². The van der Waals surface area contributed by atoms with Crippen molar-refractivity contribution in [3.8, 4) is 0 Å². The molecule has 19 heavy (non-hydrogen) atoms. The predicted molar refractivity (Wildman–Crippen MR) is 80.0 cm³/mol.